The number of benzene rings is 1. The number of hydrogen-bond donors (Lipinski definition) is 0. The number of sulfone groups is 1. The molecule has 1 aromatic heterocycles. The molecule has 9 heteroatoms. The Kier molecular flexibility index (Phi) is 5.67. The lowest BCUT2D eigenvalue weighted by Gasteiger charge is -2.26. The second kappa shape index (κ2) is 7.79. The number of carbonyl (C=O) groups excluding carboxylic acids is 1. The maximum Gasteiger partial charge on any atom is 0.233 e. The van der Waals surface area contributed by atoms with Crippen molar-refractivity contribution in [1.82, 2.24) is 19.7 Å². The quantitative estimate of drug-likeness (QED) is 0.692. The van der Waals surface area contributed by atoms with Crippen molar-refractivity contribution in [3.63, 3.8) is 0 Å². The normalized spacial score (nSPS) is 18.8. The largest absolute Gasteiger partial charge is 0.338 e. The zero-order chi connectivity index (χ0) is 18.7. The van der Waals surface area contributed by atoms with Crippen LogP contribution in [-0.2, 0) is 21.7 Å². The van der Waals surface area contributed by atoms with Crippen LogP contribution < -0.4 is 0 Å². The van der Waals surface area contributed by atoms with E-state index in [4.69, 9.17) is 0 Å². The fourth-order valence-corrected chi connectivity index (χ4v) is 5.68. The van der Waals surface area contributed by atoms with Crippen LogP contribution in [0.25, 0.3) is 11.4 Å². The fourth-order valence-electron chi connectivity index (χ4n) is 3.15. The van der Waals surface area contributed by atoms with Crippen LogP contribution in [0, 0.1) is 0 Å². The Hall–Kier alpha value is -1.87. The maximum atomic E-state index is 12.6. The van der Waals surface area contributed by atoms with Gasteiger partial charge in [-0.2, -0.15) is 0 Å². The van der Waals surface area contributed by atoms with Crippen molar-refractivity contribution < 1.29 is 13.2 Å². The summed E-state index contributed by atoms with van der Waals surface area (Å²) in [5, 5.41) is 9.05. The van der Waals surface area contributed by atoms with Gasteiger partial charge in [-0.3, -0.25) is 4.79 Å². The lowest BCUT2D eigenvalue weighted by Crippen LogP contribution is -2.42. The number of aromatic nitrogens is 3. The van der Waals surface area contributed by atoms with Crippen LogP contribution in [0.1, 0.15) is 13.3 Å². The summed E-state index contributed by atoms with van der Waals surface area (Å²) in [6.07, 6.45) is 0.523. The molecular formula is C17H22N4O3S2. The van der Waals surface area contributed by atoms with Gasteiger partial charge in [0.1, 0.15) is 0 Å². The molecule has 1 fully saturated rings. The van der Waals surface area contributed by atoms with Crippen molar-refractivity contribution >= 4 is 27.5 Å². The summed E-state index contributed by atoms with van der Waals surface area (Å²) in [6.45, 7) is 2.39. The molecule has 1 aliphatic rings. The highest BCUT2D eigenvalue weighted by Gasteiger charge is 2.33. The summed E-state index contributed by atoms with van der Waals surface area (Å²) >= 11 is 1.32. The molecule has 3 rings (SSSR count). The van der Waals surface area contributed by atoms with Crippen LogP contribution in [0.3, 0.4) is 0 Å². The first-order chi connectivity index (χ1) is 12.4. The fraction of sp³-hybridized carbons (Fsp3) is 0.471. The van der Waals surface area contributed by atoms with Crippen molar-refractivity contribution in [3.8, 4) is 11.4 Å². The molecule has 7 nitrogen and oxygen atoms in total. The molecule has 2 heterocycles. The number of amides is 1. The average molecular weight is 395 g/mol. The molecule has 26 heavy (non-hydrogen) atoms. The van der Waals surface area contributed by atoms with Crippen molar-refractivity contribution in [2.45, 2.75) is 24.5 Å². The van der Waals surface area contributed by atoms with Crippen LogP contribution in [0.5, 0.6) is 0 Å². The number of thioether (sulfide) groups is 1. The number of rotatable bonds is 6. The summed E-state index contributed by atoms with van der Waals surface area (Å²) in [7, 11) is -1.14. The Morgan fingerprint density at radius 2 is 2.04 bits per heavy atom. The molecular weight excluding hydrogens is 372 g/mol. The van der Waals surface area contributed by atoms with Gasteiger partial charge >= 0.3 is 0 Å². The van der Waals surface area contributed by atoms with E-state index in [1.165, 1.54) is 11.8 Å². The van der Waals surface area contributed by atoms with Gasteiger partial charge in [-0.25, -0.2) is 8.42 Å². The molecule has 1 saturated heterocycles. The van der Waals surface area contributed by atoms with Gasteiger partial charge in [0.25, 0.3) is 0 Å². The minimum atomic E-state index is -3.01. The van der Waals surface area contributed by atoms with E-state index in [-0.39, 0.29) is 29.2 Å². The first kappa shape index (κ1) is 18.9. The summed E-state index contributed by atoms with van der Waals surface area (Å²) in [5.41, 5.74) is 0.965. The van der Waals surface area contributed by atoms with Crippen LogP contribution in [0.2, 0.25) is 0 Å². The van der Waals surface area contributed by atoms with Gasteiger partial charge in [-0.1, -0.05) is 42.1 Å². The third-order valence-electron chi connectivity index (χ3n) is 4.50. The molecule has 1 amide bonds. The highest BCUT2D eigenvalue weighted by atomic mass is 32.2. The Morgan fingerprint density at radius 1 is 1.31 bits per heavy atom. The van der Waals surface area contributed by atoms with Crippen LogP contribution in [-0.4, -0.2) is 63.8 Å². The monoisotopic (exact) mass is 394 g/mol. The van der Waals surface area contributed by atoms with Gasteiger partial charge in [0, 0.05) is 25.2 Å². The molecule has 2 aromatic rings. The summed E-state index contributed by atoms with van der Waals surface area (Å²) in [4.78, 5) is 14.3. The van der Waals surface area contributed by atoms with Crippen molar-refractivity contribution in [3.05, 3.63) is 30.3 Å². The molecule has 1 aromatic carbocycles. The number of carbonyl (C=O) groups is 1. The molecule has 0 bridgehead atoms. The predicted molar refractivity (Wildman–Crippen MR) is 102 cm³/mol. The van der Waals surface area contributed by atoms with E-state index in [1.807, 2.05) is 48.9 Å². The van der Waals surface area contributed by atoms with Gasteiger partial charge in [0.15, 0.2) is 20.8 Å². The topological polar surface area (TPSA) is 85.2 Å². The highest BCUT2D eigenvalue weighted by molar-refractivity contribution is 7.99. The zero-order valence-corrected chi connectivity index (χ0v) is 16.5. The Labute approximate surface area is 157 Å². The molecule has 0 radical (unpaired) electrons. The first-order valence-electron chi connectivity index (χ1n) is 8.49. The molecule has 1 atom stereocenters. The second-order valence-corrected chi connectivity index (χ2v) is 9.43. The smallest absolute Gasteiger partial charge is 0.233 e. The second-order valence-electron chi connectivity index (χ2n) is 6.26. The molecule has 0 saturated carbocycles. The number of nitrogens with zero attached hydrogens (tertiary/aromatic N) is 4. The molecule has 0 spiro atoms. The Bertz CT molecular complexity index is 881. The van der Waals surface area contributed by atoms with Gasteiger partial charge < -0.3 is 9.47 Å². The third kappa shape index (κ3) is 4.09. The molecule has 1 aliphatic heterocycles. The Balaban J connectivity index is 1.65. The van der Waals surface area contributed by atoms with Crippen molar-refractivity contribution in [2.24, 2.45) is 7.05 Å². The molecule has 0 unspecified atom stereocenters. The lowest BCUT2D eigenvalue weighted by molar-refractivity contribution is -0.129. The summed E-state index contributed by atoms with van der Waals surface area (Å²) in [6, 6.07) is 9.53. The van der Waals surface area contributed by atoms with Gasteiger partial charge in [0.05, 0.1) is 17.3 Å². The Morgan fingerprint density at radius 3 is 2.65 bits per heavy atom. The molecule has 0 N–H and O–H groups in total. The van der Waals surface area contributed by atoms with Gasteiger partial charge in [0.2, 0.25) is 5.91 Å². The predicted octanol–water partition coefficient (Wildman–Crippen LogP) is 1.61. The summed E-state index contributed by atoms with van der Waals surface area (Å²) in [5.74, 6) is 1.13. The average Bonchev–Trinajstić information content (AvgIpc) is 3.17. The van der Waals surface area contributed by atoms with Gasteiger partial charge in [-0.15, -0.1) is 10.2 Å². The minimum Gasteiger partial charge on any atom is -0.338 e. The standard InChI is InChI=1S/C17H22N4O3S2/c1-3-21(14-9-10-26(23,24)12-14)15(22)11-25-17-19-18-16(20(17)2)13-7-5-4-6-8-13/h4-8,14H,3,9-12H2,1-2H3/t14-/m0/s1. The van der Waals surface area contributed by atoms with E-state index in [0.717, 1.165) is 11.4 Å². The lowest BCUT2D eigenvalue weighted by atomic mass is 10.2. The zero-order valence-electron chi connectivity index (χ0n) is 14.8. The number of hydrogen-bond acceptors (Lipinski definition) is 6. The SMILES string of the molecule is CCN(C(=O)CSc1nnc(-c2ccccc2)n1C)[C@H]1CCS(=O)(=O)C1. The van der Waals surface area contributed by atoms with E-state index in [9.17, 15) is 13.2 Å². The van der Waals surface area contributed by atoms with E-state index >= 15 is 0 Å². The minimum absolute atomic E-state index is 0.0659. The first-order valence-corrected chi connectivity index (χ1v) is 11.3. The van der Waals surface area contributed by atoms with E-state index in [0.29, 0.717) is 18.1 Å². The van der Waals surface area contributed by atoms with E-state index in [1.54, 1.807) is 4.90 Å². The van der Waals surface area contributed by atoms with Crippen LogP contribution >= 0.6 is 11.8 Å². The van der Waals surface area contributed by atoms with E-state index in [2.05, 4.69) is 10.2 Å². The van der Waals surface area contributed by atoms with Crippen molar-refractivity contribution in [2.75, 3.05) is 23.8 Å². The van der Waals surface area contributed by atoms with Crippen molar-refractivity contribution in [1.29, 1.82) is 0 Å². The summed E-state index contributed by atoms with van der Waals surface area (Å²) < 4.78 is 25.2. The van der Waals surface area contributed by atoms with E-state index < -0.39 is 9.84 Å². The maximum absolute atomic E-state index is 12.6. The molecule has 0 aliphatic carbocycles. The highest BCUT2D eigenvalue weighted by Crippen LogP contribution is 2.24. The molecule has 140 valence electrons. The third-order valence-corrected chi connectivity index (χ3v) is 7.26. The van der Waals surface area contributed by atoms with Crippen LogP contribution in [0.4, 0.5) is 0 Å². The van der Waals surface area contributed by atoms with Crippen LogP contribution in [0.15, 0.2) is 35.5 Å². The van der Waals surface area contributed by atoms with Gasteiger partial charge in [-0.05, 0) is 13.3 Å².